The van der Waals surface area contributed by atoms with Crippen LogP contribution in [0.4, 0.5) is 9.52 Å². The summed E-state index contributed by atoms with van der Waals surface area (Å²) in [6.45, 7) is 5.27. The van der Waals surface area contributed by atoms with Gasteiger partial charge in [-0.25, -0.2) is 17.8 Å². The minimum atomic E-state index is -3.70. The molecule has 0 aliphatic rings. The molecule has 32 heavy (non-hydrogen) atoms. The van der Waals surface area contributed by atoms with Crippen LogP contribution in [0.2, 0.25) is 0 Å². The zero-order chi connectivity index (χ0) is 23.5. The maximum Gasteiger partial charge on any atom is 0.229 e. The highest BCUT2D eigenvalue weighted by Gasteiger charge is 2.23. The van der Waals surface area contributed by atoms with Gasteiger partial charge in [-0.2, -0.15) is 0 Å². The van der Waals surface area contributed by atoms with Crippen molar-refractivity contribution in [1.82, 2.24) is 9.88 Å². The highest BCUT2D eigenvalue weighted by atomic mass is 32.2. The van der Waals surface area contributed by atoms with Gasteiger partial charge in [-0.3, -0.25) is 9.69 Å². The van der Waals surface area contributed by atoms with Crippen molar-refractivity contribution in [3.8, 4) is 0 Å². The zero-order valence-corrected chi connectivity index (χ0v) is 20.4. The van der Waals surface area contributed by atoms with E-state index in [1.165, 1.54) is 23.5 Å². The molecule has 0 aliphatic carbocycles. The minimum Gasteiger partial charge on any atom is -0.309 e. The molecule has 0 unspecified atom stereocenters. The van der Waals surface area contributed by atoms with Crippen LogP contribution in [0.1, 0.15) is 24.0 Å². The fourth-order valence-electron chi connectivity index (χ4n) is 3.32. The maximum atomic E-state index is 13.1. The van der Waals surface area contributed by atoms with Crippen molar-refractivity contribution in [3.05, 3.63) is 53.3 Å². The summed E-state index contributed by atoms with van der Waals surface area (Å²) in [6, 6.07) is 8.69. The van der Waals surface area contributed by atoms with Crippen LogP contribution >= 0.6 is 11.3 Å². The van der Waals surface area contributed by atoms with E-state index in [2.05, 4.69) is 0 Å². The molecular formula is C23H28FN3O3S2. The Labute approximate surface area is 192 Å². The molecule has 6 nitrogen and oxygen atoms in total. The fraction of sp³-hybridized carbons (Fsp3) is 0.391. The van der Waals surface area contributed by atoms with Crippen LogP contribution in [0.25, 0.3) is 10.2 Å². The number of amides is 1. The lowest BCUT2D eigenvalue weighted by atomic mass is 10.1. The molecule has 0 bridgehead atoms. The number of benzene rings is 2. The number of hydrogen-bond acceptors (Lipinski definition) is 6. The Balaban J connectivity index is 1.82. The van der Waals surface area contributed by atoms with Crippen molar-refractivity contribution >= 4 is 42.4 Å². The summed E-state index contributed by atoms with van der Waals surface area (Å²) in [5.74, 6) is -1.14. The first-order chi connectivity index (χ1) is 15.1. The third-order valence-corrected chi connectivity index (χ3v) is 8.13. The van der Waals surface area contributed by atoms with Gasteiger partial charge < -0.3 is 4.90 Å². The molecule has 0 radical (unpaired) electrons. The highest BCUT2D eigenvalue weighted by Crippen LogP contribution is 2.32. The van der Waals surface area contributed by atoms with Gasteiger partial charge >= 0.3 is 0 Å². The molecular weight excluding hydrogens is 449 g/mol. The average molecular weight is 478 g/mol. The van der Waals surface area contributed by atoms with Gasteiger partial charge in [0, 0.05) is 13.0 Å². The number of hydrogen-bond donors (Lipinski definition) is 0. The first kappa shape index (κ1) is 24.3. The molecule has 1 aromatic heterocycles. The Morgan fingerprint density at radius 3 is 2.41 bits per heavy atom. The van der Waals surface area contributed by atoms with E-state index in [1.807, 2.05) is 45.0 Å². The second kappa shape index (κ2) is 10.1. The van der Waals surface area contributed by atoms with Gasteiger partial charge in [0.25, 0.3) is 0 Å². The standard InChI is InChI=1S/C23H28FN3O3S2/c1-16-6-11-20-22(17(16)2)25-23(31-20)27(14-5-13-26(3)4)21(28)12-15-32(29,30)19-9-7-18(24)8-10-19/h6-11H,5,12-15H2,1-4H3. The normalized spacial score (nSPS) is 11.9. The number of carbonyl (C=O) groups excluding carboxylic acids is 1. The molecule has 0 atom stereocenters. The molecule has 0 aliphatic heterocycles. The largest absolute Gasteiger partial charge is 0.309 e. The Hall–Kier alpha value is -2.36. The number of sulfone groups is 1. The average Bonchev–Trinajstić information content (AvgIpc) is 3.17. The van der Waals surface area contributed by atoms with E-state index >= 15 is 0 Å². The zero-order valence-electron chi connectivity index (χ0n) is 18.8. The molecule has 3 rings (SSSR count). The first-order valence-corrected chi connectivity index (χ1v) is 12.9. The molecule has 1 heterocycles. The first-order valence-electron chi connectivity index (χ1n) is 10.4. The minimum absolute atomic E-state index is 0.0111. The van der Waals surface area contributed by atoms with Crippen LogP contribution in [0.5, 0.6) is 0 Å². The molecule has 3 aromatic rings. The Bertz CT molecular complexity index is 1210. The summed E-state index contributed by atoms with van der Waals surface area (Å²) in [4.78, 5) is 21.5. The smallest absolute Gasteiger partial charge is 0.229 e. The Morgan fingerprint density at radius 1 is 1.06 bits per heavy atom. The van der Waals surface area contributed by atoms with E-state index in [4.69, 9.17) is 4.98 Å². The van der Waals surface area contributed by atoms with Crippen LogP contribution in [0, 0.1) is 19.7 Å². The van der Waals surface area contributed by atoms with Crippen molar-refractivity contribution in [1.29, 1.82) is 0 Å². The number of thiazole rings is 1. The topological polar surface area (TPSA) is 70.6 Å². The number of aromatic nitrogens is 1. The number of rotatable bonds is 9. The quantitative estimate of drug-likeness (QED) is 0.432. The molecule has 0 saturated heterocycles. The number of halogens is 1. The predicted octanol–water partition coefficient (Wildman–Crippen LogP) is 4.20. The van der Waals surface area contributed by atoms with E-state index in [-0.39, 0.29) is 23.0 Å². The van der Waals surface area contributed by atoms with Gasteiger partial charge in [-0.1, -0.05) is 17.4 Å². The van der Waals surface area contributed by atoms with Crippen LogP contribution in [0.3, 0.4) is 0 Å². The van der Waals surface area contributed by atoms with E-state index in [0.29, 0.717) is 11.7 Å². The van der Waals surface area contributed by atoms with E-state index in [9.17, 15) is 17.6 Å². The van der Waals surface area contributed by atoms with Gasteiger partial charge in [0.05, 0.1) is 20.9 Å². The van der Waals surface area contributed by atoms with Crippen molar-refractivity contribution in [2.45, 2.75) is 31.6 Å². The number of anilines is 1. The molecule has 0 saturated carbocycles. The monoisotopic (exact) mass is 477 g/mol. The Morgan fingerprint density at radius 2 is 1.75 bits per heavy atom. The fourth-order valence-corrected chi connectivity index (χ4v) is 5.62. The third-order valence-electron chi connectivity index (χ3n) is 5.35. The number of carbonyl (C=O) groups is 1. The SMILES string of the molecule is Cc1ccc2sc(N(CCCN(C)C)C(=O)CCS(=O)(=O)c3ccc(F)cc3)nc2c1C. The lowest BCUT2D eigenvalue weighted by Gasteiger charge is -2.21. The molecule has 0 fully saturated rings. The number of nitrogens with zero attached hydrogens (tertiary/aromatic N) is 3. The third kappa shape index (κ3) is 5.70. The van der Waals surface area contributed by atoms with Crippen molar-refractivity contribution < 1.29 is 17.6 Å². The Kier molecular flexibility index (Phi) is 7.63. The molecule has 0 N–H and O–H groups in total. The molecule has 0 spiro atoms. The number of fused-ring (bicyclic) bond motifs is 1. The summed E-state index contributed by atoms with van der Waals surface area (Å²) >= 11 is 1.44. The van der Waals surface area contributed by atoms with Crippen molar-refractivity contribution in [2.75, 3.05) is 37.8 Å². The lowest BCUT2D eigenvalue weighted by Crippen LogP contribution is -2.34. The van der Waals surface area contributed by atoms with Crippen LogP contribution in [0.15, 0.2) is 41.3 Å². The second-order valence-corrected chi connectivity index (χ2v) is 11.2. The molecule has 1 amide bonds. The van der Waals surface area contributed by atoms with E-state index < -0.39 is 15.7 Å². The molecule has 2 aromatic carbocycles. The summed E-state index contributed by atoms with van der Waals surface area (Å²) in [6.07, 6.45) is 0.562. The van der Waals surface area contributed by atoms with E-state index in [1.54, 1.807) is 4.90 Å². The van der Waals surface area contributed by atoms with Gasteiger partial charge in [-0.05, 0) is 82.4 Å². The number of aryl methyl sites for hydroxylation is 2. The van der Waals surface area contributed by atoms with Gasteiger partial charge in [0.1, 0.15) is 5.82 Å². The van der Waals surface area contributed by atoms with E-state index in [0.717, 1.165) is 46.4 Å². The van der Waals surface area contributed by atoms with Crippen LogP contribution in [-0.4, -0.2) is 57.1 Å². The van der Waals surface area contributed by atoms with Gasteiger partial charge in [0.15, 0.2) is 15.0 Å². The van der Waals surface area contributed by atoms with Gasteiger partial charge in [0.2, 0.25) is 5.91 Å². The summed E-state index contributed by atoms with van der Waals surface area (Å²) in [7, 11) is 0.229. The highest BCUT2D eigenvalue weighted by molar-refractivity contribution is 7.91. The second-order valence-electron chi connectivity index (χ2n) is 8.08. The maximum absolute atomic E-state index is 13.1. The molecule has 172 valence electrons. The predicted molar refractivity (Wildman–Crippen MR) is 128 cm³/mol. The summed E-state index contributed by atoms with van der Waals surface area (Å²) in [5.41, 5.74) is 3.07. The lowest BCUT2D eigenvalue weighted by molar-refractivity contribution is -0.118. The van der Waals surface area contributed by atoms with Gasteiger partial charge in [-0.15, -0.1) is 0 Å². The van der Waals surface area contributed by atoms with Crippen molar-refractivity contribution in [2.24, 2.45) is 0 Å². The summed E-state index contributed by atoms with van der Waals surface area (Å²) < 4.78 is 39.4. The van der Waals surface area contributed by atoms with Crippen LogP contribution in [-0.2, 0) is 14.6 Å². The van der Waals surface area contributed by atoms with Crippen molar-refractivity contribution in [3.63, 3.8) is 0 Å². The summed E-state index contributed by atoms with van der Waals surface area (Å²) in [5, 5.41) is 0.580. The van der Waals surface area contributed by atoms with Crippen LogP contribution < -0.4 is 4.90 Å². The molecule has 9 heteroatoms.